The molecule has 0 aromatic heterocycles. The maximum Gasteiger partial charge on any atom is 2.00 e. The van der Waals surface area contributed by atoms with Crippen molar-refractivity contribution in [1.82, 2.24) is 0 Å². The number of hydrogen-bond acceptors (Lipinski definition) is 2. The molecule has 0 saturated heterocycles. The van der Waals surface area contributed by atoms with Gasteiger partial charge in [-0.3, -0.25) is 9.59 Å². The van der Waals surface area contributed by atoms with Crippen molar-refractivity contribution in [2.45, 2.75) is 45.6 Å². The Labute approximate surface area is 116 Å². The molecule has 5 N–H and O–H groups in total. The van der Waals surface area contributed by atoms with Crippen LogP contribution in [-0.2, 0) is 30.7 Å². The fourth-order valence-corrected chi connectivity index (χ4v) is 1.05. The zero-order chi connectivity index (χ0) is 12.3. The van der Waals surface area contributed by atoms with Gasteiger partial charge in [0.05, 0.1) is 0 Å². The Hall–Kier alpha value is -0.452. The van der Waals surface area contributed by atoms with E-state index in [1.54, 1.807) is 0 Å². The van der Waals surface area contributed by atoms with E-state index in [0.29, 0.717) is 6.42 Å². The Kier molecular flexibility index (Phi) is 9.99. The molecule has 17 heavy (non-hydrogen) atoms. The van der Waals surface area contributed by atoms with Crippen LogP contribution in [0.25, 0.3) is 11.9 Å². The predicted molar refractivity (Wildman–Crippen MR) is 60.9 cm³/mol. The molecule has 0 bridgehead atoms. The van der Waals surface area contributed by atoms with Gasteiger partial charge < -0.3 is 22.1 Å². The molecular weight excluding hydrogens is 407 g/mol. The molecule has 1 fully saturated rings. The molecule has 7 heteroatoms. The zero-order valence-corrected chi connectivity index (χ0v) is 12.5. The van der Waals surface area contributed by atoms with Crippen molar-refractivity contribution in [3.05, 3.63) is 11.9 Å². The molecule has 1 aliphatic carbocycles. The summed E-state index contributed by atoms with van der Waals surface area (Å²) in [6.45, 7) is 5.56. The van der Waals surface area contributed by atoms with Gasteiger partial charge in [-0.05, 0) is 19.3 Å². The van der Waals surface area contributed by atoms with Gasteiger partial charge in [-0.15, -0.1) is 5.54 Å². The van der Waals surface area contributed by atoms with Gasteiger partial charge in [-0.2, -0.15) is 0 Å². The Balaban J connectivity index is -0.000000247. The van der Waals surface area contributed by atoms with E-state index in [1.807, 2.05) is 20.8 Å². The minimum atomic E-state index is -1.44. The van der Waals surface area contributed by atoms with Crippen LogP contribution >= 0.6 is 0 Å². The fourth-order valence-electron chi connectivity index (χ4n) is 1.05. The first-order valence-electron chi connectivity index (χ1n) is 4.81. The van der Waals surface area contributed by atoms with Crippen LogP contribution in [-0.4, -0.2) is 27.7 Å². The van der Waals surface area contributed by atoms with Gasteiger partial charge in [0.2, 0.25) is 0 Å². The topological polar surface area (TPSA) is 132 Å². The molecule has 1 rings (SSSR count). The number of carbonyl (C=O) groups is 2. The van der Waals surface area contributed by atoms with Crippen LogP contribution in [0.3, 0.4) is 0 Å². The second kappa shape index (κ2) is 7.79. The molecule has 0 heterocycles. The van der Waals surface area contributed by atoms with Gasteiger partial charge in [0.1, 0.15) is 0 Å². The van der Waals surface area contributed by atoms with Gasteiger partial charge >= 0.3 is 33.0 Å². The fraction of sp³-hybridized carbons (Fsp3) is 0.800. The summed E-state index contributed by atoms with van der Waals surface area (Å²) in [4.78, 5) is 20.7. The summed E-state index contributed by atoms with van der Waals surface area (Å²) in [5.74, 6) is -2.41. The number of aliphatic carboxylic acids is 2. The third kappa shape index (κ3) is 7.47. The van der Waals surface area contributed by atoms with E-state index in [0.717, 1.165) is 0 Å². The van der Waals surface area contributed by atoms with Gasteiger partial charge in [-0.25, -0.2) is 0 Å². The summed E-state index contributed by atoms with van der Waals surface area (Å²) in [5, 5.41) is 16.9. The number of nitrogens with two attached hydrogens (primary N) is 1. The van der Waals surface area contributed by atoms with E-state index >= 15 is 0 Å². The molecule has 0 radical (unpaired) electrons. The van der Waals surface area contributed by atoms with Crippen molar-refractivity contribution in [3.63, 3.8) is 0 Å². The smallest absolute Gasteiger partial charge is 0.693 e. The van der Waals surface area contributed by atoms with Crippen LogP contribution in [0.5, 0.6) is 0 Å². The number of carboxylic acids is 2. The molecule has 0 aliphatic heterocycles. The molecular formula is C10H20N2O4Pt. The maximum absolute atomic E-state index is 10.4. The molecule has 0 aromatic rings. The number of carboxylic acid groups (broad SMARTS) is 2. The molecule has 0 spiro atoms. The van der Waals surface area contributed by atoms with Crippen molar-refractivity contribution in [1.29, 1.82) is 0 Å². The monoisotopic (exact) mass is 427 g/mol. The first-order valence-corrected chi connectivity index (χ1v) is 4.81. The third-order valence-electron chi connectivity index (χ3n) is 2.03. The number of nitrogens with one attached hydrogen (secondary N) is 1. The summed E-state index contributed by atoms with van der Waals surface area (Å²) >= 11 is 0. The minimum Gasteiger partial charge on any atom is -0.693 e. The summed E-state index contributed by atoms with van der Waals surface area (Å²) in [7, 11) is 0. The quantitative estimate of drug-likeness (QED) is 0.656. The first kappa shape index (κ1) is 21.8. The van der Waals surface area contributed by atoms with E-state index in [-0.39, 0.29) is 45.6 Å². The van der Waals surface area contributed by atoms with Gasteiger partial charge in [-0.1, -0.05) is 20.8 Å². The van der Waals surface area contributed by atoms with E-state index in [4.69, 9.17) is 15.9 Å². The summed E-state index contributed by atoms with van der Waals surface area (Å²) in [6.07, 6.45) is 1.26. The van der Waals surface area contributed by atoms with E-state index in [1.165, 1.54) is 0 Å². The van der Waals surface area contributed by atoms with Crippen molar-refractivity contribution in [3.8, 4) is 0 Å². The summed E-state index contributed by atoms with van der Waals surface area (Å²) in [6, 6.07) is 0. The standard InChI is InChI=1S/C6H8O4.C4H10N.H2N.Pt/c7-4(8)6(5(9)10)2-1-3-6;1-4(2,3)5;;/h1-3H2,(H,7,8)(H,9,10);5H,1-3H3;1H2;/q;2*-1;+2. The molecule has 104 valence electrons. The second-order valence-electron chi connectivity index (χ2n) is 4.80. The van der Waals surface area contributed by atoms with Crippen molar-refractivity contribution in [2.75, 3.05) is 0 Å². The minimum absolute atomic E-state index is 0. The number of hydrogen-bond donors (Lipinski definition) is 2. The second-order valence-corrected chi connectivity index (χ2v) is 4.80. The number of rotatable bonds is 2. The largest absolute Gasteiger partial charge is 2.00 e. The molecule has 6 nitrogen and oxygen atoms in total. The van der Waals surface area contributed by atoms with Crippen LogP contribution in [0.1, 0.15) is 40.0 Å². The third-order valence-corrected chi connectivity index (χ3v) is 2.03. The van der Waals surface area contributed by atoms with Gasteiger partial charge in [0.15, 0.2) is 5.41 Å². The SMILES string of the molecule is CC(C)(C)[NH-].O=C(O)C1(C(=O)O)CCC1.[NH2-].[Pt+2]. The molecule has 1 aliphatic rings. The van der Waals surface area contributed by atoms with Gasteiger partial charge in [0, 0.05) is 0 Å². The average molecular weight is 427 g/mol. The van der Waals surface area contributed by atoms with E-state index < -0.39 is 17.4 Å². The average Bonchev–Trinajstić information content (AvgIpc) is 1.75. The predicted octanol–water partition coefficient (Wildman–Crippen LogP) is 2.88. The Morgan fingerprint density at radius 2 is 1.35 bits per heavy atom. The van der Waals surface area contributed by atoms with Crippen LogP contribution in [0, 0.1) is 5.41 Å². The summed E-state index contributed by atoms with van der Waals surface area (Å²) < 4.78 is 0. The Morgan fingerprint density at radius 3 is 1.35 bits per heavy atom. The van der Waals surface area contributed by atoms with E-state index in [2.05, 4.69) is 0 Å². The summed E-state index contributed by atoms with van der Waals surface area (Å²) in [5.41, 5.74) is 5.24. The van der Waals surface area contributed by atoms with Crippen molar-refractivity contribution >= 4 is 11.9 Å². The first-order chi connectivity index (χ1) is 6.59. The van der Waals surface area contributed by atoms with Crippen molar-refractivity contribution < 1.29 is 40.9 Å². The molecule has 0 atom stereocenters. The van der Waals surface area contributed by atoms with Crippen LogP contribution in [0.2, 0.25) is 0 Å². The zero-order valence-electron chi connectivity index (χ0n) is 10.2. The Bertz CT molecular complexity index is 238. The molecule has 0 unspecified atom stereocenters. The normalized spacial score (nSPS) is 16.0. The van der Waals surface area contributed by atoms with Crippen molar-refractivity contribution in [2.24, 2.45) is 5.41 Å². The molecule has 0 aromatic carbocycles. The van der Waals surface area contributed by atoms with Crippen LogP contribution < -0.4 is 0 Å². The van der Waals surface area contributed by atoms with Gasteiger partial charge in [0.25, 0.3) is 0 Å². The van der Waals surface area contributed by atoms with E-state index in [9.17, 15) is 9.59 Å². The molecule has 1 saturated carbocycles. The Morgan fingerprint density at radius 1 is 1.12 bits per heavy atom. The maximum atomic E-state index is 10.4. The van der Waals surface area contributed by atoms with Crippen LogP contribution in [0.4, 0.5) is 0 Å². The van der Waals surface area contributed by atoms with Crippen LogP contribution in [0.15, 0.2) is 0 Å². The molecule has 0 amide bonds.